The van der Waals surface area contributed by atoms with Crippen molar-refractivity contribution in [2.75, 3.05) is 25.0 Å². The third-order valence-electron chi connectivity index (χ3n) is 3.40. The van der Waals surface area contributed by atoms with Crippen molar-refractivity contribution in [1.29, 1.82) is 0 Å². The first-order valence-electron chi connectivity index (χ1n) is 6.78. The highest BCUT2D eigenvalue weighted by molar-refractivity contribution is 7.99. The molecule has 1 N–H and O–H groups in total. The zero-order chi connectivity index (χ0) is 13.9. The fourth-order valence-corrected chi connectivity index (χ4v) is 3.83. The van der Waals surface area contributed by atoms with E-state index in [0.29, 0.717) is 0 Å². The lowest BCUT2D eigenvalue weighted by molar-refractivity contribution is 0.719. The van der Waals surface area contributed by atoms with Gasteiger partial charge in [0.2, 0.25) is 0 Å². The van der Waals surface area contributed by atoms with E-state index in [2.05, 4.69) is 46.6 Å². The third kappa shape index (κ3) is 2.66. The Morgan fingerprint density at radius 2 is 1.90 bits per heavy atom. The van der Waals surface area contributed by atoms with Gasteiger partial charge < -0.3 is 10.2 Å². The van der Waals surface area contributed by atoms with E-state index in [0.717, 1.165) is 24.5 Å². The summed E-state index contributed by atoms with van der Waals surface area (Å²) in [6, 6.07) is 14.7. The van der Waals surface area contributed by atoms with E-state index < -0.39 is 0 Å². The molecule has 0 saturated heterocycles. The Morgan fingerprint density at radius 3 is 2.75 bits per heavy atom. The van der Waals surface area contributed by atoms with Crippen LogP contribution in [-0.4, -0.2) is 20.1 Å². The summed E-state index contributed by atoms with van der Waals surface area (Å²) in [5, 5.41) is 4.01. The topological polar surface area (TPSA) is 15.3 Å². The van der Waals surface area contributed by atoms with Gasteiger partial charge in [-0.15, -0.1) is 0 Å². The van der Waals surface area contributed by atoms with Crippen molar-refractivity contribution in [2.24, 2.45) is 0 Å². The SMILES string of the molecule is CNCCCN1c2ccccc2Sc2cc(Cl)ccc21. The number of fused-ring (bicyclic) bond motifs is 2. The summed E-state index contributed by atoms with van der Waals surface area (Å²) in [4.78, 5) is 4.93. The first kappa shape index (κ1) is 13.8. The molecule has 2 aromatic rings. The summed E-state index contributed by atoms with van der Waals surface area (Å²) in [5.41, 5.74) is 2.55. The number of hydrogen-bond acceptors (Lipinski definition) is 3. The summed E-state index contributed by atoms with van der Waals surface area (Å²) in [5.74, 6) is 0. The number of benzene rings is 2. The van der Waals surface area contributed by atoms with E-state index in [1.54, 1.807) is 11.8 Å². The highest BCUT2D eigenvalue weighted by Gasteiger charge is 2.22. The average molecular weight is 305 g/mol. The molecule has 0 saturated carbocycles. The molecular formula is C16H17ClN2S. The molecule has 20 heavy (non-hydrogen) atoms. The maximum atomic E-state index is 6.14. The Balaban J connectivity index is 1.99. The Labute approximate surface area is 129 Å². The van der Waals surface area contributed by atoms with Gasteiger partial charge in [-0.2, -0.15) is 0 Å². The molecular weight excluding hydrogens is 288 g/mol. The lowest BCUT2D eigenvalue weighted by atomic mass is 10.2. The van der Waals surface area contributed by atoms with Crippen LogP contribution in [-0.2, 0) is 0 Å². The Bertz CT molecular complexity index is 615. The van der Waals surface area contributed by atoms with E-state index in [1.807, 2.05) is 13.1 Å². The predicted molar refractivity (Wildman–Crippen MR) is 87.6 cm³/mol. The number of anilines is 2. The number of nitrogens with one attached hydrogen (secondary N) is 1. The fourth-order valence-electron chi connectivity index (χ4n) is 2.46. The largest absolute Gasteiger partial charge is 0.340 e. The molecule has 2 nitrogen and oxygen atoms in total. The van der Waals surface area contributed by atoms with Crippen molar-refractivity contribution >= 4 is 34.7 Å². The minimum atomic E-state index is 0.797. The van der Waals surface area contributed by atoms with Crippen LogP contribution >= 0.6 is 23.4 Å². The third-order valence-corrected chi connectivity index (χ3v) is 4.74. The molecule has 3 rings (SSSR count). The summed E-state index contributed by atoms with van der Waals surface area (Å²) in [7, 11) is 1.99. The van der Waals surface area contributed by atoms with Crippen molar-refractivity contribution in [1.82, 2.24) is 5.32 Å². The molecule has 0 bridgehead atoms. The van der Waals surface area contributed by atoms with Gasteiger partial charge >= 0.3 is 0 Å². The second kappa shape index (κ2) is 6.08. The smallest absolute Gasteiger partial charge is 0.0553 e. The van der Waals surface area contributed by atoms with Crippen LogP contribution in [0.2, 0.25) is 5.02 Å². The molecule has 0 amide bonds. The van der Waals surface area contributed by atoms with Crippen molar-refractivity contribution in [2.45, 2.75) is 16.2 Å². The summed E-state index contributed by atoms with van der Waals surface area (Å²) >= 11 is 7.93. The molecule has 1 aliphatic rings. The minimum absolute atomic E-state index is 0.797. The maximum absolute atomic E-state index is 6.14. The van der Waals surface area contributed by atoms with Gasteiger partial charge in [0.05, 0.1) is 11.4 Å². The van der Waals surface area contributed by atoms with Crippen LogP contribution in [0.3, 0.4) is 0 Å². The fraction of sp³-hybridized carbons (Fsp3) is 0.250. The van der Waals surface area contributed by atoms with Gasteiger partial charge in [0.25, 0.3) is 0 Å². The van der Waals surface area contributed by atoms with Crippen LogP contribution in [0.1, 0.15) is 6.42 Å². The van der Waals surface area contributed by atoms with Crippen LogP contribution in [0.5, 0.6) is 0 Å². The lowest BCUT2D eigenvalue weighted by Gasteiger charge is -2.33. The second-order valence-corrected chi connectivity index (χ2v) is 6.31. The van der Waals surface area contributed by atoms with E-state index in [-0.39, 0.29) is 0 Å². The zero-order valence-electron chi connectivity index (χ0n) is 11.4. The van der Waals surface area contributed by atoms with E-state index >= 15 is 0 Å². The van der Waals surface area contributed by atoms with Gasteiger partial charge in [0.15, 0.2) is 0 Å². The van der Waals surface area contributed by atoms with Crippen LogP contribution in [0, 0.1) is 0 Å². The second-order valence-electron chi connectivity index (χ2n) is 4.79. The Hall–Kier alpha value is -1.16. The highest BCUT2D eigenvalue weighted by Crippen LogP contribution is 2.48. The maximum Gasteiger partial charge on any atom is 0.0553 e. The van der Waals surface area contributed by atoms with Crippen LogP contribution < -0.4 is 10.2 Å². The highest BCUT2D eigenvalue weighted by atomic mass is 35.5. The van der Waals surface area contributed by atoms with E-state index in [4.69, 9.17) is 11.6 Å². The lowest BCUT2D eigenvalue weighted by Crippen LogP contribution is -2.24. The molecule has 2 aromatic carbocycles. The number of nitrogens with zero attached hydrogens (tertiary/aromatic N) is 1. The van der Waals surface area contributed by atoms with Gasteiger partial charge in [-0.05, 0) is 50.3 Å². The average Bonchev–Trinajstić information content (AvgIpc) is 2.46. The van der Waals surface area contributed by atoms with Crippen molar-refractivity contribution in [3.63, 3.8) is 0 Å². The van der Waals surface area contributed by atoms with Gasteiger partial charge in [0.1, 0.15) is 0 Å². The molecule has 0 unspecified atom stereocenters. The Morgan fingerprint density at radius 1 is 1.10 bits per heavy atom. The number of rotatable bonds is 4. The number of halogens is 1. The van der Waals surface area contributed by atoms with E-state index in [9.17, 15) is 0 Å². The molecule has 0 radical (unpaired) electrons. The first-order chi connectivity index (χ1) is 9.79. The van der Waals surface area contributed by atoms with Gasteiger partial charge in [-0.25, -0.2) is 0 Å². The molecule has 0 aromatic heterocycles. The van der Waals surface area contributed by atoms with Crippen molar-refractivity contribution in [3.8, 4) is 0 Å². The summed E-state index contributed by atoms with van der Waals surface area (Å²) in [6.07, 6.45) is 1.11. The van der Waals surface area contributed by atoms with Crippen molar-refractivity contribution in [3.05, 3.63) is 47.5 Å². The molecule has 0 fully saturated rings. The van der Waals surface area contributed by atoms with Gasteiger partial charge in [-0.1, -0.05) is 35.5 Å². The van der Waals surface area contributed by atoms with Crippen molar-refractivity contribution < 1.29 is 0 Å². The molecule has 104 valence electrons. The quantitative estimate of drug-likeness (QED) is 0.834. The number of para-hydroxylation sites is 1. The summed E-state index contributed by atoms with van der Waals surface area (Å²) in [6.45, 7) is 2.03. The van der Waals surface area contributed by atoms with Crippen LogP contribution in [0.25, 0.3) is 0 Å². The van der Waals surface area contributed by atoms with Gasteiger partial charge in [-0.3, -0.25) is 0 Å². The van der Waals surface area contributed by atoms with Crippen LogP contribution in [0.4, 0.5) is 11.4 Å². The monoisotopic (exact) mass is 304 g/mol. The minimum Gasteiger partial charge on any atom is -0.340 e. The molecule has 4 heteroatoms. The predicted octanol–water partition coefficient (Wildman–Crippen LogP) is 4.55. The molecule has 0 spiro atoms. The standard InChI is InChI=1S/C16H17ClN2S/c1-18-9-4-10-19-13-5-2-3-6-15(13)20-16-11-12(17)7-8-14(16)19/h2-3,5-8,11,18H,4,9-10H2,1H3. The Kier molecular flexibility index (Phi) is 4.20. The number of hydrogen-bond donors (Lipinski definition) is 1. The molecule has 1 aliphatic heterocycles. The molecule has 1 heterocycles. The van der Waals surface area contributed by atoms with E-state index in [1.165, 1.54) is 21.2 Å². The zero-order valence-corrected chi connectivity index (χ0v) is 13.0. The van der Waals surface area contributed by atoms with Crippen LogP contribution in [0.15, 0.2) is 52.3 Å². The molecule has 0 atom stereocenters. The first-order valence-corrected chi connectivity index (χ1v) is 7.97. The normalized spacial score (nSPS) is 13.0. The van der Waals surface area contributed by atoms with Gasteiger partial charge in [0, 0.05) is 21.4 Å². The molecule has 0 aliphatic carbocycles. The summed E-state index contributed by atoms with van der Waals surface area (Å²) < 4.78 is 0.